The fourth-order valence-electron chi connectivity index (χ4n) is 1.57. The first-order chi connectivity index (χ1) is 9.27. The summed E-state index contributed by atoms with van der Waals surface area (Å²) in [5, 5.41) is 0.686. The topological polar surface area (TPSA) is 34.4 Å². The van der Waals surface area contributed by atoms with Crippen LogP contribution in [0.1, 0.15) is 25.6 Å². The number of amides is 1. The Morgan fingerprint density at radius 3 is 2.40 bits per heavy atom. The molecule has 106 valence electrons. The third kappa shape index (κ3) is 3.38. The van der Waals surface area contributed by atoms with Crippen LogP contribution in [0.15, 0.2) is 35.5 Å². The Morgan fingerprint density at radius 2 is 1.85 bits per heavy atom. The van der Waals surface area contributed by atoms with E-state index in [1.807, 2.05) is 62.7 Å². The molecule has 0 N–H and O–H groups in total. The molecule has 1 aromatic heterocycles. The number of hydrogen-bond acceptors (Lipinski definition) is 2. The molecule has 0 bridgehead atoms. The number of aromatic nitrogens is 1. The average Bonchev–Trinajstić information content (AvgIpc) is 2.70. The van der Waals surface area contributed by atoms with Gasteiger partial charge in [-0.15, -0.1) is 11.3 Å². The molecule has 0 radical (unpaired) electrons. The monoisotopic (exact) mass is 308 g/mol. The molecule has 20 heavy (non-hydrogen) atoms. The quantitative estimate of drug-likeness (QED) is 0.785. The van der Waals surface area contributed by atoms with Crippen molar-refractivity contribution in [1.29, 1.82) is 0 Å². The molecule has 3 nitrogen and oxygen atoms in total. The van der Waals surface area contributed by atoms with Crippen LogP contribution in [0.5, 0.6) is 0 Å². The number of benzene rings is 1. The summed E-state index contributed by atoms with van der Waals surface area (Å²) in [4.78, 5) is 18.1. The fraction of sp³-hybridized carbons (Fsp3) is 0.333. The molecule has 5 heteroatoms. The van der Waals surface area contributed by atoms with Crippen LogP contribution >= 0.6 is 22.9 Å². The maximum Gasteiger partial charge on any atom is 0.253 e. The van der Waals surface area contributed by atoms with Gasteiger partial charge in [-0.3, -0.25) is 9.36 Å². The molecule has 0 aliphatic heterocycles. The van der Waals surface area contributed by atoms with E-state index < -0.39 is 5.41 Å². The van der Waals surface area contributed by atoms with Gasteiger partial charge in [-0.05, 0) is 31.2 Å². The highest BCUT2D eigenvalue weighted by atomic mass is 35.5. The van der Waals surface area contributed by atoms with Crippen LogP contribution in [0.2, 0.25) is 5.02 Å². The predicted octanol–water partition coefficient (Wildman–Crippen LogP) is 3.97. The number of hydrogen-bond donors (Lipinski definition) is 0. The minimum atomic E-state index is -0.476. The van der Waals surface area contributed by atoms with Gasteiger partial charge in [0.05, 0.1) is 0 Å². The molecule has 1 aromatic carbocycles. The third-order valence-corrected chi connectivity index (χ3v) is 3.86. The van der Waals surface area contributed by atoms with Crippen molar-refractivity contribution in [3.63, 3.8) is 0 Å². The lowest BCUT2D eigenvalue weighted by Crippen LogP contribution is -2.22. The lowest BCUT2D eigenvalue weighted by atomic mass is 9.96. The largest absolute Gasteiger partial charge is 0.292 e. The zero-order valence-electron chi connectivity index (χ0n) is 12.0. The van der Waals surface area contributed by atoms with E-state index in [1.54, 1.807) is 0 Å². The van der Waals surface area contributed by atoms with Crippen molar-refractivity contribution in [2.24, 2.45) is 10.4 Å². The number of nitrogens with zero attached hydrogens (tertiary/aromatic N) is 2. The maximum atomic E-state index is 12.1. The summed E-state index contributed by atoms with van der Waals surface area (Å²) < 4.78 is 1.92. The lowest BCUT2D eigenvalue weighted by molar-refractivity contribution is -0.125. The Kier molecular flexibility index (Phi) is 4.16. The van der Waals surface area contributed by atoms with Crippen LogP contribution in [0, 0.1) is 12.3 Å². The van der Waals surface area contributed by atoms with Crippen molar-refractivity contribution in [2.45, 2.75) is 27.7 Å². The van der Waals surface area contributed by atoms with Gasteiger partial charge in [0.2, 0.25) is 0 Å². The van der Waals surface area contributed by atoms with E-state index in [9.17, 15) is 4.79 Å². The summed E-state index contributed by atoms with van der Waals surface area (Å²) in [6.07, 6.45) is 1.97. The van der Waals surface area contributed by atoms with Crippen LogP contribution in [-0.2, 0) is 4.79 Å². The van der Waals surface area contributed by atoms with E-state index in [-0.39, 0.29) is 5.91 Å². The Bertz CT molecular complexity index is 690. The van der Waals surface area contributed by atoms with Gasteiger partial charge in [-0.2, -0.15) is 4.99 Å². The van der Waals surface area contributed by atoms with Crippen LogP contribution < -0.4 is 4.80 Å². The van der Waals surface area contributed by atoms with Crippen molar-refractivity contribution in [2.75, 3.05) is 0 Å². The average molecular weight is 309 g/mol. The summed E-state index contributed by atoms with van der Waals surface area (Å²) in [6, 6.07) is 7.47. The summed E-state index contributed by atoms with van der Waals surface area (Å²) in [5.41, 5.74) is 0.467. The smallest absolute Gasteiger partial charge is 0.253 e. The number of carbonyl (C=O) groups is 1. The summed E-state index contributed by atoms with van der Waals surface area (Å²) >= 11 is 7.40. The minimum Gasteiger partial charge on any atom is -0.292 e. The van der Waals surface area contributed by atoms with Gasteiger partial charge in [-0.1, -0.05) is 32.4 Å². The number of halogens is 1. The van der Waals surface area contributed by atoms with E-state index in [4.69, 9.17) is 11.6 Å². The predicted molar refractivity (Wildman–Crippen MR) is 83.4 cm³/mol. The Labute approximate surface area is 127 Å². The van der Waals surface area contributed by atoms with Crippen molar-refractivity contribution in [1.82, 2.24) is 4.57 Å². The molecule has 1 amide bonds. The highest BCUT2D eigenvalue weighted by Crippen LogP contribution is 2.17. The molecule has 0 fully saturated rings. The lowest BCUT2D eigenvalue weighted by Gasteiger charge is -2.11. The van der Waals surface area contributed by atoms with Crippen LogP contribution in [-0.4, -0.2) is 10.5 Å². The fourth-order valence-corrected chi connectivity index (χ4v) is 2.53. The summed E-state index contributed by atoms with van der Waals surface area (Å²) in [5.74, 6) is -0.123. The molecule has 0 aliphatic rings. The van der Waals surface area contributed by atoms with Crippen LogP contribution in [0.3, 0.4) is 0 Å². The first kappa shape index (κ1) is 15.0. The summed E-state index contributed by atoms with van der Waals surface area (Å²) in [6.45, 7) is 7.60. The van der Waals surface area contributed by atoms with Crippen molar-refractivity contribution >= 4 is 28.8 Å². The Morgan fingerprint density at radius 1 is 1.25 bits per heavy atom. The maximum absolute atomic E-state index is 12.1. The second kappa shape index (κ2) is 5.54. The van der Waals surface area contributed by atoms with E-state index in [0.717, 1.165) is 10.6 Å². The standard InChI is InChI=1S/C15H17ClN2OS/c1-10-9-18(12-7-5-11(16)6-8-12)14(20-10)17-13(19)15(2,3)4/h5-9H,1-4H3. The van der Waals surface area contributed by atoms with Gasteiger partial charge in [0, 0.05) is 27.2 Å². The number of aryl methyl sites for hydroxylation is 1. The zero-order valence-corrected chi connectivity index (χ0v) is 13.5. The van der Waals surface area contributed by atoms with Gasteiger partial charge in [0.15, 0.2) is 4.80 Å². The number of carbonyl (C=O) groups excluding carboxylic acids is 1. The Balaban J connectivity index is 2.54. The van der Waals surface area contributed by atoms with Gasteiger partial charge in [-0.25, -0.2) is 0 Å². The van der Waals surface area contributed by atoms with Crippen molar-refractivity contribution < 1.29 is 4.79 Å². The molecule has 0 unspecified atom stereocenters. The number of rotatable bonds is 1. The minimum absolute atomic E-state index is 0.123. The molecular weight excluding hydrogens is 292 g/mol. The second-order valence-corrected chi connectivity index (χ2v) is 7.29. The molecule has 0 spiro atoms. The highest BCUT2D eigenvalue weighted by molar-refractivity contribution is 7.09. The molecule has 2 rings (SSSR count). The van der Waals surface area contributed by atoms with Gasteiger partial charge in [0.25, 0.3) is 5.91 Å². The molecule has 2 aromatic rings. The van der Waals surface area contributed by atoms with Crippen LogP contribution in [0.4, 0.5) is 0 Å². The normalized spacial score (nSPS) is 12.8. The zero-order chi connectivity index (χ0) is 14.9. The van der Waals surface area contributed by atoms with Gasteiger partial charge < -0.3 is 0 Å². The van der Waals surface area contributed by atoms with Gasteiger partial charge >= 0.3 is 0 Å². The molecule has 1 heterocycles. The number of thiazole rings is 1. The highest BCUT2D eigenvalue weighted by Gasteiger charge is 2.20. The molecule has 0 saturated heterocycles. The van der Waals surface area contributed by atoms with E-state index in [1.165, 1.54) is 11.3 Å². The van der Waals surface area contributed by atoms with Crippen molar-refractivity contribution in [3.05, 3.63) is 45.2 Å². The molecular formula is C15H17ClN2OS. The molecule has 0 saturated carbocycles. The van der Waals surface area contributed by atoms with Crippen LogP contribution in [0.25, 0.3) is 5.69 Å². The SMILES string of the molecule is Cc1cn(-c2ccc(Cl)cc2)c(=NC(=O)C(C)(C)C)s1. The van der Waals surface area contributed by atoms with E-state index >= 15 is 0 Å². The third-order valence-electron chi connectivity index (χ3n) is 2.71. The Hall–Kier alpha value is -1.39. The summed E-state index contributed by atoms with van der Waals surface area (Å²) in [7, 11) is 0. The van der Waals surface area contributed by atoms with E-state index in [2.05, 4.69) is 4.99 Å². The first-order valence-electron chi connectivity index (χ1n) is 6.31. The second-order valence-electron chi connectivity index (χ2n) is 5.64. The first-order valence-corrected chi connectivity index (χ1v) is 7.51. The van der Waals surface area contributed by atoms with E-state index in [0.29, 0.717) is 9.82 Å². The van der Waals surface area contributed by atoms with Gasteiger partial charge in [0.1, 0.15) is 0 Å². The molecule has 0 aliphatic carbocycles. The molecule has 0 atom stereocenters. The van der Waals surface area contributed by atoms with Crippen molar-refractivity contribution in [3.8, 4) is 5.69 Å².